The van der Waals surface area contributed by atoms with Crippen LogP contribution in [-0.4, -0.2) is 23.3 Å². The summed E-state index contributed by atoms with van der Waals surface area (Å²) in [5, 5.41) is 20.3. The molecule has 0 aromatic heterocycles. The zero-order valence-electron chi connectivity index (χ0n) is 8.60. The van der Waals surface area contributed by atoms with Crippen LogP contribution in [-0.2, 0) is 4.74 Å². The molecule has 0 radical (unpaired) electrons. The van der Waals surface area contributed by atoms with Gasteiger partial charge in [-0.25, -0.2) is 4.79 Å². The van der Waals surface area contributed by atoms with Crippen molar-refractivity contribution in [3.8, 4) is 11.5 Å². The lowest BCUT2D eigenvalue weighted by atomic mass is 10.1. The number of hydrogen-bond donors (Lipinski definition) is 2. The van der Waals surface area contributed by atoms with Gasteiger partial charge >= 0.3 is 5.97 Å². The van der Waals surface area contributed by atoms with E-state index in [1.54, 1.807) is 6.07 Å². The van der Waals surface area contributed by atoms with Crippen LogP contribution in [0.5, 0.6) is 11.5 Å². The minimum atomic E-state index is -0.609. The van der Waals surface area contributed by atoms with Gasteiger partial charge < -0.3 is 14.9 Å². The van der Waals surface area contributed by atoms with Crippen LogP contribution >= 0.6 is 0 Å². The van der Waals surface area contributed by atoms with E-state index in [2.05, 4.69) is 4.74 Å². The van der Waals surface area contributed by atoms with Crippen LogP contribution < -0.4 is 0 Å². The summed E-state index contributed by atoms with van der Waals surface area (Å²) in [6, 6.07) is 7.63. The molecule has 82 valence electrons. The summed E-state index contributed by atoms with van der Waals surface area (Å²) < 4.78 is 4.53. The monoisotopic (exact) mass is 218 g/mol. The molecule has 4 heteroatoms. The van der Waals surface area contributed by atoms with E-state index in [0.717, 1.165) is 5.39 Å². The first kappa shape index (κ1) is 10.3. The Bertz CT molecular complexity index is 560. The first-order chi connectivity index (χ1) is 7.61. The quantitative estimate of drug-likeness (QED) is 0.719. The number of ether oxygens (including phenoxy) is 1. The Morgan fingerprint density at radius 2 is 1.88 bits per heavy atom. The first-order valence-corrected chi connectivity index (χ1v) is 4.66. The van der Waals surface area contributed by atoms with Crippen molar-refractivity contribution in [2.45, 2.75) is 0 Å². The second-order valence-electron chi connectivity index (χ2n) is 3.39. The number of hydrogen-bond acceptors (Lipinski definition) is 4. The summed E-state index contributed by atoms with van der Waals surface area (Å²) in [6.07, 6.45) is 0. The van der Waals surface area contributed by atoms with Crippen molar-refractivity contribution in [1.82, 2.24) is 0 Å². The SMILES string of the molecule is COC(=O)c1cc2cc(O)ccc2cc1O. The van der Waals surface area contributed by atoms with Gasteiger partial charge in [-0.15, -0.1) is 0 Å². The Labute approximate surface area is 91.7 Å². The Balaban J connectivity index is 2.68. The summed E-state index contributed by atoms with van der Waals surface area (Å²) in [6.45, 7) is 0. The molecule has 2 rings (SSSR count). The summed E-state index contributed by atoms with van der Waals surface area (Å²) in [5.74, 6) is -0.637. The number of phenols is 2. The van der Waals surface area contributed by atoms with Crippen molar-refractivity contribution in [2.75, 3.05) is 7.11 Å². The molecule has 2 N–H and O–H groups in total. The van der Waals surface area contributed by atoms with Gasteiger partial charge in [0, 0.05) is 0 Å². The van der Waals surface area contributed by atoms with Gasteiger partial charge in [0.25, 0.3) is 0 Å². The number of benzene rings is 2. The van der Waals surface area contributed by atoms with Crippen LogP contribution in [0.15, 0.2) is 30.3 Å². The van der Waals surface area contributed by atoms with E-state index in [1.165, 1.54) is 31.4 Å². The smallest absolute Gasteiger partial charge is 0.341 e. The van der Waals surface area contributed by atoms with Gasteiger partial charge in [0.15, 0.2) is 0 Å². The molecule has 16 heavy (non-hydrogen) atoms. The molecule has 2 aromatic carbocycles. The maximum Gasteiger partial charge on any atom is 0.341 e. The summed E-state index contributed by atoms with van der Waals surface area (Å²) in [5.41, 5.74) is 0.0839. The molecule has 0 heterocycles. The number of carbonyl (C=O) groups excluding carboxylic acids is 1. The highest BCUT2D eigenvalue weighted by molar-refractivity contribution is 5.98. The maximum absolute atomic E-state index is 11.3. The molecule has 0 atom stereocenters. The van der Waals surface area contributed by atoms with E-state index in [9.17, 15) is 15.0 Å². The van der Waals surface area contributed by atoms with Crippen molar-refractivity contribution in [3.05, 3.63) is 35.9 Å². The normalized spacial score (nSPS) is 10.3. The number of rotatable bonds is 1. The molecule has 0 saturated carbocycles. The predicted octanol–water partition coefficient (Wildman–Crippen LogP) is 2.04. The average molecular weight is 218 g/mol. The van der Waals surface area contributed by atoms with Crippen molar-refractivity contribution >= 4 is 16.7 Å². The van der Waals surface area contributed by atoms with Gasteiger partial charge in [-0.05, 0) is 35.0 Å². The molecule has 0 fully saturated rings. The van der Waals surface area contributed by atoms with Gasteiger partial charge in [-0.1, -0.05) is 6.07 Å². The van der Waals surface area contributed by atoms with Crippen molar-refractivity contribution in [2.24, 2.45) is 0 Å². The Morgan fingerprint density at radius 1 is 1.12 bits per heavy atom. The Hall–Kier alpha value is -2.23. The number of aromatic hydroxyl groups is 2. The number of phenolic OH excluding ortho intramolecular Hbond substituents is 2. The second kappa shape index (κ2) is 3.73. The van der Waals surface area contributed by atoms with Gasteiger partial charge in [-0.3, -0.25) is 0 Å². The van der Waals surface area contributed by atoms with E-state index >= 15 is 0 Å². The third-order valence-electron chi connectivity index (χ3n) is 2.34. The number of carbonyl (C=O) groups is 1. The summed E-state index contributed by atoms with van der Waals surface area (Å²) in [4.78, 5) is 11.3. The molecule has 0 aliphatic heterocycles. The topological polar surface area (TPSA) is 66.8 Å². The molecular weight excluding hydrogens is 208 g/mol. The highest BCUT2D eigenvalue weighted by Gasteiger charge is 2.12. The van der Waals surface area contributed by atoms with Crippen molar-refractivity contribution in [1.29, 1.82) is 0 Å². The zero-order chi connectivity index (χ0) is 11.7. The van der Waals surface area contributed by atoms with E-state index in [0.29, 0.717) is 5.39 Å². The Kier molecular flexibility index (Phi) is 2.40. The molecule has 0 amide bonds. The molecule has 0 bridgehead atoms. The van der Waals surface area contributed by atoms with Crippen LogP contribution in [0.2, 0.25) is 0 Å². The predicted molar refractivity (Wildman–Crippen MR) is 58.6 cm³/mol. The lowest BCUT2D eigenvalue weighted by Crippen LogP contribution is -2.01. The molecule has 0 spiro atoms. The number of fused-ring (bicyclic) bond motifs is 1. The lowest BCUT2D eigenvalue weighted by molar-refractivity contribution is 0.0597. The first-order valence-electron chi connectivity index (χ1n) is 4.66. The van der Waals surface area contributed by atoms with Gasteiger partial charge in [0.1, 0.15) is 17.1 Å². The number of esters is 1. The van der Waals surface area contributed by atoms with Crippen LogP contribution in [0.4, 0.5) is 0 Å². The van der Waals surface area contributed by atoms with Gasteiger partial charge in [0.2, 0.25) is 0 Å². The fourth-order valence-electron chi connectivity index (χ4n) is 1.55. The van der Waals surface area contributed by atoms with Crippen LogP contribution in [0.1, 0.15) is 10.4 Å². The molecular formula is C12H10O4. The van der Waals surface area contributed by atoms with Crippen LogP contribution in [0.3, 0.4) is 0 Å². The largest absolute Gasteiger partial charge is 0.508 e. The minimum absolute atomic E-state index is 0.0839. The van der Waals surface area contributed by atoms with Crippen molar-refractivity contribution in [3.63, 3.8) is 0 Å². The fourth-order valence-corrected chi connectivity index (χ4v) is 1.55. The third-order valence-corrected chi connectivity index (χ3v) is 2.34. The van der Waals surface area contributed by atoms with E-state index in [1.807, 2.05) is 0 Å². The van der Waals surface area contributed by atoms with E-state index in [4.69, 9.17) is 0 Å². The van der Waals surface area contributed by atoms with Crippen LogP contribution in [0.25, 0.3) is 10.8 Å². The number of methoxy groups -OCH3 is 1. The molecule has 0 aliphatic carbocycles. The highest BCUT2D eigenvalue weighted by atomic mass is 16.5. The second-order valence-corrected chi connectivity index (χ2v) is 3.39. The standard InChI is InChI=1S/C12H10O4/c1-16-12(15)10-5-8-4-9(13)3-2-7(8)6-11(10)14/h2-6,13-14H,1H3. The summed E-state index contributed by atoms with van der Waals surface area (Å²) in [7, 11) is 1.24. The van der Waals surface area contributed by atoms with E-state index < -0.39 is 5.97 Å². The van der Waals surface area contributed by atoms with Crippen molar-refractivity contribution < 1.29 is 19.7 Å². The summed E-state index contributed by atoms with van der Waals surface area (Å²) >= 11 is 0. The molecule has 0 aliphatic rings. The van der Waals surface area contributed by atoms with Crippen LogP contribution in [0, 0.1) is 0 Å². The molecule has 4 nitrogen and oxygen atoms in total. The Morgan fingerprint density at radius 3 is 2.56 bits per heavy atom. The average Bonchev–Trinajstić information content (AvgIpc) is 2.28. The van der Waals surface area contributed by atoms with Gasteiger partial charge in [0.05, 0.1) is 7.11 Å². The fraction of sp³-hybridized carbons (Fsp3) is 0.0833. The maximum atomic E-state index is 11.3. The zero-order valence-corrected chi connectivity index (χ0v) is 8.60. The van der Waals surface area contributed by atoms with Gasteiger partial charge in [-0.2, -0.15) is 0 Å². The lowest BCUT2D eigenvalue weighted by Gasteiger charge is -2.05. The molecule has 0 unspecified atom stereocenters. The minimum Gasteiger partial charge on any atom is -0.508 e. The third kappa shape index (κ3) is 1.65. The molecule has 0 saturated heterocycles. The molecule has 2 aromatic rings. The van der Waals surface area contributed by atoms with E-state index in [-0.39, 0.29) is 17.1 Å². The highest BCUT2D eigenvalue weighted by Crippen LogP contribution is 2.27.